The molecule has 0 aromatic carbocycles. The number of hydrogen-bond donors (Lipinski definition) is 5. The highest BCUT2D eigenvalue weighted by atomic mass is 32.2. The third-order valence-corrected chi connectivity index (χ3v) is 6.96. The number of nitrogens with one attached hydrogen (secondary N) is 1. The van der Waals surface area contributed by atoms with Crippen LogP contribution >= 0.6 is 0 Å². The summed E-state index contributed by atoms with van der Waals surface area (Å²) in [6.07, 6.45) is -3.08. The molecule has 0 amide bonds. The number of anilines is 1. The SMILES string of the molecule is CO/C(CCO[C@H]1O[C@@H](C)[C@@H](O)[C@@H](O)[C@@H]1O)=N\S(=O)(=O)CCCCCn1cnc2c(=O)[nH]c(N)nc21. The van der Waals surface area contributed by atoms with Gasteiger partial charge in [-0.05, 0) is 19.8 Å². The lowest BCUT2D eigenvalue weighted by molar-refractivity contribution is -0.292. The molecule has 16 heteroatoms. The molecule has 15 nitrogen and oxygen atoms in total. The first kappa shape index (κ1) is 27.9. The number of nitrogen functional groups attached to an aromatic ring is 1. The van der Waals surface area contributed by atoms with E-state index in [2.05, 4.69) is 19.3 Å². The molecule has 0 aliphatic carbocycles. The third-order valence-electron chi connectivity index (χ3n) is 5.68. The minimum atomic E-state index is -3.80. The Hall–Kier alpha value is -2.63. The van der Waals surface area contributed by atoms with Crippen LogP contribution in [-0.4, -0.2) is 99.3 Å². The van der Waals surface area contributed by atoms with Crippen molar-refractivity contribution in [3.05, 3.63) is 16.7 Å². The predicted octanol–water partition coefficient (Wildman–Crippen LogP) is -1.52. The average Bonchev–Trinajstić information content (AvgIpc) is 3.22. The van der Waals surface area contributed by atoms with Gasteiger partial charge < -0.3 is 39.8 Å². The van der Waals surface area contributed by atoms with Crippen LogP contribution in [0.5, 0.6) is 0 Å². The highest BCUT2D eigenvalue weighted by molar-refractivity contribution is 7.90. The molecule has 1 aliphatic heterocycles. The molecule has 6 N–H and O–H groups in total. The Balaban J connectivity index is 1.43. The molecule has 0 spiro atoms. The molecular formula is C20H32N6O9S. The monoisotopic (exact) mass is 532 g/mol. The van der Waals surface area contributed by atoms with Crippen molar-refractivity contribution in [3.63, 3.8) is 0 Å². The molecule has 3 rings (SSSR count). The zero-order valence-electron chi connectivity index (χ0n) is 20.0. The maximum atomic E-state index is 12.4. The van der Waals surface area contributed by atoms with Gasteiger partial charge in [-0.2, -0.15) is 4.98 Å². The van der Waals surface area contributed by atoms with Gasteiger partial charge in [0.2, 0.25) is 11.8 Å². The van der Waals surface area contributed by atoms with Gasteiger partial charge in [0, 0.05) is 13.0 Å². The fraction of sp³-hybridized carbons (Fsp3) is 0.700. The van der Waals surface area contributed by atoms with Crippen LogP contribution in [0.3, 0.4) is 0 Å². The molecule has 5 atom stereocenters. The quantitative estimate of drug-likeness (QED) is 0.126. The number of sulfonamides is 1. The summed E-state index contributed by atoms with van der Waals surface area (Å²) in [6, 6.07) is 0. The number of aryl methyl sites for hydroxylation is 1. The molecule has 202 valence electrons. The Morgan fingerprint density at radius 1 is 1.25 bits per heavy atom. The van der Waals surface area contributed by atoms with Gasteiger partial charge in [0.25, 0.3) is 15.6 Å². The molecule has 36 heavy (non-hydrogen) atoms. The van der Waals surface area contributed by atoms with Gasteiger partial charge in [0.1, 0.15) is 18.3 Å². The molecule has 1 fully saturated rings. The molecule has 1 aliphatic rings. The van der Waals surface area contributed by atoms with Crippen molar-refractivity contribution in [2.45, 2.75) is 69.9 Å². The Morgan fingerprint density at radius 2 is 2.00 bits per heavy atom. The van der Waals surface area contributed by atoms with Crippen LogP contribution < -0.4 is 11.3 Å². The summed E-state index contributed by atoms with van der Waals surface area (Å²) in [5.41, 5.74) is 5.71. The van der Waals surface area contributed by atoms with Gasteiger partial charge in [-0.3, -0.25) is 9.78 Å². The van der Waals surface area contributed by atoms with Crippen LogP contribution in [0.2, 0.25) is 0 Å². The molecule has 3 heterocycles. The minimum absolute atomic E-state index is 0.00838. The smallest absolute Gasteiger partial charge is 0.280 e. The maximum Gasteiger partial charge on any atom is 0.280 e. The number of aliphatic hydroxyl groups is 3. The van der Waals surface area contributed by atoms with Gasteiger partial charge >= 0.3 is 0 Å². The van der Waals surface area contributed by atoms with E-state index >= 15 is 0 Å². The molecule has 0 unspecified atom stereocenters. The number of methoxy groups -OCH3 is 1. The Kier molecular flexibility index (Phi) is 9.37. The van der Waals surface area contributed by atoms with Crippen molar-refractivity contribution in [2.75, 3.05) is 25.2 Å². The number of nitrogens with zero attached hydrogens (tertiary/aromatic N) is 4. The van der Waals surface area contributed by atoms with E-state index in [0.717, 1.165) is 0 Å². The second kappa shape index (κ2) is 12.1. The zero-order valence-corrected chi connectivity index (χ0v) is 20.8. The van der Waals surface area contributed by atoms with Crippen molar-refractivity contribution in [3.8, 4) is 0 Å². The van der Waals surface area contributed by atoms with Crippen LogP contribution in [0, 0.1) is 0 Å². The van der Waals surface area contributed by atoms with Gasteiger partial charge in [0.05, 0.1) is 31.9 Å². The summed E-state index contributed by atoms with van der Waals surface area (Å²) >= 11 is 0. The highest BCUT2D eigenvalue weighted by Crippen LogP contribution is 2.22. The van der Waals surface area contributed by atoms with Crippen LogP contribution in [-0.2, 0) is 30.8 Å². The van der Waals surface area contributed by atoms with Crippen LogP contribution in [0.25, 0.3) is 11.2 Å². The van der Waals surface area contributed by atoms with Crippen molar-refractivity contribution >= 4 is 33.0 Å². The number of nitrogens with two attached hydrogens (primary N) is 1. The van der Waals surface area contributed by atoms with Crippen molar-refractivity contribution < 1.29 is 37.9 Å². The number of fused-ring (bicyclic) bond motifs is 1. The molecule has 2 aromatic rings. The first-order valence-electron chi connectivity index (χ1n) is 11.4. The number of aromatic nitrogens is 4. The molecular weight excluding hydrogens is 500 g/mol. The van der Waals surface area contributed by atoms with Crippen LogP contribution in [0.15, 0.2) is 15.5 Å². The zero-order chi connectivity index (χ0) is 26.5. The highest BCUT2D eigenvalue weighted by Gasteiger charge is 2.42. The number of imidazole rings is 1. The van der Waals surface area contributed by atoms with E-state index in [4.69, 9.17) is 19.9 Å². The average molecular weight is 533 g/mol. The number of rotatable bonds is 11. The van der Waals surface area contributed by atoms with Gasteiger partial charge in [-0.15, -0.1) is 4.40 Å². The molecule has 0 saturated carbocycles. The fourth-order valence-corrected chi connectivity index (χ4v) is 4.81. The summed E-state index contributed by atoms with van der Waals surface area (Å²) in [6.45, 7) is 1.91. The predicted molar refractivity (Wildman–Crippen MR) is 128 cm³/mol. The van der Waals surface area contributed by atoms with Gasteiger partial charge in [-0.1, -0.05) is 6.42 Å². The normalized spacial score (nSPS) is 25.4. The molecule has 2 aromatic heterocycles. The first-order chi connectivity index (χ1) is 17.0. The van der Waals surface area contributed by atoms with E-state index < -0.39 is 46.3 Å². The fourth-order valence-electron chi connectivity index (χ4n) is 3.68. The summed E-state index contributed by atoms with van der Waals surface area (Å²) in [7, 11) is -2.52. The second-order valence-corrected chi connectivity index (χ2v) is 10.2. The number of aromatic amines is 1. The van der Waals surface area contributed by atoms with E-state index in [1.54, 1.807) is 4.57 Å². The standard InChI is InChI=1S/C20H32N6O9S/c1-11-14(27)15(28)16(29)19(35-11)34-8-6-12(33-2)25-36(31,32)9-5-3-4-7-26-10-22-13-17(26)23-20(21)24-18(13)30/h10-11,14-16,19,27-29H,3-9H2,1-2H3,(H3,21,23,24,30)/b25-12-/t11-,14+,15+,16-,19-/m0/s1. The molecule has 0 radical (unpaired) electrons. The second-order valence-electron chi connectivity index (χ2n) is 8.40. The number of aliphatic hydroxyl groups excluding tert-OH is 3. The Bertz CT molecular complexity index is 1210. The third kappa shape index (κ3) is 6.98. The van der Waals surface area contributed by atoms with Crippen molar-refractivity contribution in [1.29, 1.82) is 0 Å². The number of ether oxygens (including phenoxy) is 3. The Labute approximate surface area is 207 Å². The minimum Gasteiger partial charge on any atom is -0.484 e. The lowest BCUT2D eigenvalue weighted by Crippen LogP contribution is -2.57. The maximum absolute atomic E-state index is 12.4. The summed E-state index contributed by atoms with van der Waals surface area (Å²) in [5.74, 6) is -0.277. The largest absolute Gasteiger partial charge is 0.484 e. The summed E-state index contributed by atoms with van der Waals surface area (Å²) in [5, 5.41) is 29.5. The number of unbranched alkanes of at least 4 members (excludes halogenated alkanes) is 2. The van der Waals surface area contributed by atoms with E-state index in [0.29, 0.717) is 31.5 Å². The van der Waals surface area contributed by atoms with E-state index in [1.165, 1.54) is 20.4 Å². The van der Waals surface area contributed by atoms with Crippen molar-refractivity contribution in [2.24, 2.45) is 4.40 Å². The van der Waals surface area contributed by atoms with Crippen molar-refractivity contribution in [1.82, 2.24) is 19.5 Å². The summed E-state index contributed by atoms with van der Waals surface area (Å²) in [4.78, 5) is 22.3. The topological polar surface area (TPSA) is 224 Å². The molecule has 0 bridgehead atoms. The van der Waals surface area contributed by atoms with E-state index in [1.807, 2.05) is 0 Å². The first-order valence-corrected chi connectivity index (χ1v) is 13.0. The lowest BCUT2D eigenvalue weighted by Gasteiger charge is -2.38. The van der Waals surface area contributed by atoms with E-state index in [9.17, 15) is 28.5 Å². The summed E-state index contributed by atoms with van der Waals surface area (Å²) < 4.78 is 45.9. The van der Waals surface area contributed by atoms with Gasteiger partial charge in [0.15, 0.2) is 17.5 Å². The van der Waals surface area contributed by atoms with Crippen LogP contribution in [0.1, 0.15) is 32.6 Å². The number of H-pyrrole nitrogens is 1. The van der Waals surface area contributed by atoms with E-state index in [-0.39, 0.29) is 36.1 Å². The molecule has 1 saturated heterocycles. The number of hydrogen-bond acceptors (Lipinski definition) is 12. The van der Waals surface area contributed by atoms with Gasteiger partial charge in [-0.25, -0.2) is 13.4 Å². The lowest BCUT2D eigenvalue weighted by atomic mass is 10.0. The Morgan fingerprint density at radius 3 is 2.72 bits per heavy atom. The van der Waals surface area contributed by atoms with Crippen LogP contribution in [0.4, 0.5) is 5.95 Å².